The molecule has 1 N–H and O–H groups in total. The number of sulfone groups is 1. The van der Waals surface area contributed by atoms with Crippen LogP contribution in [0.1, 0.15) is 31.4 Å². The maximum Gasteiger partial charge on any atom is 0.151 e. The van der Waals surface area contributed by atoms with Gasteiger partial charge in [-0.3, -0.25) is 4.90 Å². The van der Waals surface area contributed by atoms with Crippen LogP contribution in [0.3, 0.4) is 0 Å². The van der Waals surface area contributed by atoms with Gasteiger partial charge in [-0.2, -0.15) is 0 Å². The fourth-order valence-electron chi connectivity index (χ4n) is 2.49. The highest BCUT2D eigenvalue weighted by Gasteiger charge is 2.18. The standard InChI is InChI=1S/C16H26N2O2S/c1-14(2)17-12-15-4-6-16(7-5-15)13-18-8-3-10-21(19,20)11-9-18/h4-7,14,17H,3,8-13H2,1-2H3. The molecular formula is C16H26N2O2S. The Morgan fingerprint density at radius 2 is 1.76 bits per heavy atom. The van der Waals surface area contributed by atoms with E-state index < -0.39 is 9.84 Å². The van der Waals surface area contributed by atoms with Gasteiger partial charge in [-0.25, -0.2) is 8.42 Å². The maximum atomic E-state index is 11.6. The first kappa shape index (κ1) is 16.5. The number of nitrogens with zero attached hydrogens (tertiary/aromatic N) is 1. The monoisotopic (exact) mass is 310 g/mol. The van der Waals surface area contributed by atoms with E-state index in [0.717, 1.165) is 26.1 Å². The Balaban J connectivity index is 1.88. The van der Waals surface area contributed by atoms with Crippen molar-refractivity contribution in [1.82, 2.24) is 10.2 Å². The normalized spacial score (nSPS) is 19.6. The highest BCUT2D eigenvalue weighted by Crippen LogP contribution is 2.11. The van der Waals surface area contributed by atoms with E-state index in [4.69, 9.17) is 0 Å². The van der Waals surface area contributed by atoms with Crippen molar-refractivity contribution in [3.63, 3.8) is 0 Å². The quantitative estimate of drug-likeness (QED) is 0.901. The number of benzene rings is 1. The van der Waals surface area contributed by atoms with Crippen LogP contribution in [0.25, 0.3) is 0 Å². The lowest BCUT2D eigenvalue weighted by atomic mass is 10.1. The summed E-state index contributed by atoms with van der Waals surface area (Å²) in [7, 11) is -2.82. The summed E-state index contributed by atoms with van der Waals surface area (Å²) in [4.78, 5) is 2.24. The number of rotatable bonds is 5. The van der Waals surface area contributed by atoms with Gasteiger partial charge in [0.15, 0.2) is 9.84 Å². The lowest BCUT2D eigenvalue weighted by Gasteiger charge is -2.19. The molecule has 0 saturated carbocycles. The molecule has 0 unspecified atom stereocenters. The Morgan fingerprint density at radius 3 is 2.43 bits per heavy atom. The summed E-state index contributed by atoms with van der Waals surface area (Å²) in [6.07, 6.45) is 0.749. The number of hydrogen-bond acceptors (Lipinski definition) is 4. The Labute approximate surface area is 128 Å². The summed E-state index contributed by atoms with van der Waals surface area (Å²) in [6.45, 7) is 7.53. The summed E-state index contributed by atoms with van der Waals surface area (Å²) in [5, 5.41) is 3.40. The Bertz CT molecular complexity index is 538. The average Bonchev–Trinajstić information content (AvgIpc) is 2.59. The van der Waals surface area contributed by atoms with Crippen LogP contribution in [0.4, 0.5) is 0 Å². The summed E-state index contributed by atoms with van der Waals surface area (Å²) in [6, 6.07) is 9.09. The molecule has 1 heterocycles. The van der Waals surface area contributed by atoms with Gasteiger partial charge >= 0.3 is 0 Å². The second kappa shape index (κ2) is 7.38. The summed E-state index contributed by atoms with van der Waals surface area (Å²) >= 11 is 0. The molecule has 2 rings (SSSR count). The van der Waals surface area contributed by atoms with Crippen molar-refractivity contribution < 1.29 is 8.42 Å². The van der Waals surface area contributed by atoms with Crippen molar-refractivity contribution in [3.8, 4) is 0 Å². The Morgan fingerprint density at radius 1 is 1.10 bits per heavy atom. The molecule has 0 aliphatic carbocycles. The maximum absolute atomic E-state index is 11.6. The first-order valence-corrected chi connectivity index (χ1v) is 9.51. The van der Waals surface area contributed by atoms with Gasteiger partial charge in [0, 0.05) is 25.7 Å². The molecule has 0 bridgehead atoms. The minimum absolute atomic E-state index is 0.295. The van der Waals surface area contributed by atoms with Gasteiger partial charge in [-0.15, -0.1) is 0 Å². The van der Waals surface area contributed by atoms with E-state index in [2.05, 4.69) is 48.3 Å². The second-order valence-electron chi connectivity index (χ2n) is 6.13. The molecule has 1 aliphatic heterocycles. The molecule has 0 spiro atoms. The third-order valence-electron chi connectivity index (χ3n) is 3.79. The molecule has 5 heteroatoms. The van der Waals surface area contributed by atoms with E-state index >= 15 is 0 Å². The van der Waals surface area contributed by atoms with E-state index in [1.54, 1.807) is 0 Å². The number of hydrogen-bond donors (Lipinski definition) is 1. The van der Waals surface area contributed by atoms with E-state index in [0.29, 0.717) is 24.1 Å². The molecule has 1 saturated heterocycles. The molecule has 0 atom stereocenters. The Kier molecular flexibility index (Phi) is 5.79. The highest BCUT2D eigenvalue weighted by atomic mass is 32.2. The molecule has 0 aromatic heterocycles. The highest BCUT2D eigenvalue weighted by molar-refractivity contribution is 7.91. The second-order valence-corrected chi connectivity index (χ2v) is 8.44. The van der Waals surface area contributed by atoms with Crippen LogP contribution >= 0.6 is 0 Å². The molecule has 1 aliphatic rings. The van der Waals surface area contributed by atoms with Gasteiger partial charge in [-0.05, 0) is 24.1 Å². The molecule has 0 radical (unpaired) electrons. The summed E-state index contributed by atoms with van der Waals surface area (Å²) < 4.78 is 23.2. The fourth-order valence-corrected chi connectivity index (χ4v) is 3.80. The summed E-state index contributed by atoms with van der Waals surface area (Å²) in [5.74, 6) is 0.632. The van der Waals surface area contributed by atoms with Gasteiger partial charge in [0.05, 0.1) is 11.5 Å². The van der Waals surface area contributed by atoms with Crippen molar-refractivity contribution in [2.75, 3.05) is 24.6 Å². The minimum Gasteiger partial charge on any atom is -0.310 e. The zero-order valence-corrected chi connectivity index (χ0v) is 13.8. The Hall–Kier alpha value is -0.910. The molecule has 4 nitrogen and oxygen atoms in total. The molecule has 118 valence electrons. The largest absolute Gasteiger partial charge is 0.310 e. The van der Waals surface area contributed by atoms with Gasteiger partial charge in [-0.1, -0.05) is 38.1 Å². The van der Waals surface area contributed by atoms with Crippen LogP contribution in [0.2, 0.25) is 0 Å². The van der Waals surface area contributed by atoms with Crippen LogP contribution in [0.15, 0.2) is 24.3 Å². The third-order valence-corrected chi connectivity index (χ3v) is 5.51. The lowest BCUT2D eigenvalue weighted by molar-refractivity contribution is 0.287. The van der Waals surface area contributed by atoms with Crippen molar-refractivity contribution in [2.24, 2.45) is 0 Å². The van der Waals surface area contributed by atoms with Crippen LogP contribution in [-0.4, -0.2) is 44.0 Å². The van der Waals surface area contributed by atoms with Gasteiger partial charge in [0.25, 0.3) is 0 Å². The zero-order chi connectivity index (χ0) is 15.3. The van der Waals surface area contributed by atoms with E-state index in [-0.39, 0.29) is 0 Å². The van der Waals surface area contributed by atoms with Crippen LogP contribution < -0.4 is 5.32 Å². The molecule has 0 amide bonds. The minimum atomic E-state index is -2.82. The average molecular weight is 310 g/mol. The predicted octanol–water partition coefficient (Wildman–Crippen LogP) is 1.81. The lowest BCUT2D eigenvalue weighted by Crippen LogP contribution is -2.26. The smallest absolute Gasteiger partial charge is 0.151 e. The van der Waals surface area contributed by atoms with Crippen molar-refractivity contribution in [3.05, 3.63) is 35.4 Å². The predicted molar refractivity (Wildman–Crippen MR) is 87.0 cm³/mol. The first-order chi connectivity index (χ1) is 9.94. The topological polar surface area (TPSA) is 49.4 Å². The SMILES string of the molecule is CC(C)NCc1ccc(CN2CCCS(=O)(=O)CC2)cc1. The molecular weight excluding hydrogens is 284 g/mol. The molecule has 1 fully saturated rings. The first-order valence-electron chi connectivity index (χ1n) is 7.68. The van der Waals surface area contributed by atoms with E-state index in [1.165, 1.54) is 11.1 Å². The summed E-state index contributed by atoms with van der Waals surface area (Å²) in [5.41, 5.74) is 2.54. The third kappa shape index (κ3) is 5.77. The molecule has 1 aromatic rings. The van der Waals surface area contributed by atoms with Crippen molar-refractivity contribution in [1.29, 1.82) is 0 Å². The van der Waals surface area contributed by atoms with Crippen LogP contribution in [-0.2, 0) is 22.9 Å². The van der Waals surface area contributed by atoms with Crippen LogP contribution in [0, 0.1) is 0 Å². The zero-order valence-electron chi connectivity index (χ0n) is 13.0. The van der Waals surface area contributed by atoms with E-state index in [9.17, 15) is 8.42 Å². The van der Waals surface area contributed by atoms with Crippen molar-refractivity contribution in [2.45, 2.75) is 39.4 Å². The van der Waals surface area contributed by atoms with Gasteiger partial charge in [0.2, 0.25) is 0 Å². The molecule has 21 heavy (non-hydrogen) atoms. The van der Waals surface area contributed by atoms with Crippen molar-refractivity contribution >= 4 is 9.84 Å². The van der Waals surface area contributed by atoms with Gasteiger partial charge in [0.1, 0.15) is 0 Å². The van der Waals surface area contributed by atoms with E-state index in [1.807, 2.05) is 0 Å². The van der Waals surface area contributed by atoms with Crippen LogP contribution in [0.5, 0.6) is 0 Å². The fraction of sp³-hybridized carbons (Fsp3) is 0.625. The van der Waals surface area contributed by atoms with Gasteiger partial charge < -0.3 is 5.32 Å². The molecule has 1 aromatic carbocycles. The number of nitrogens with one attached hydrogen (secondary N) is 1.